The van der Waals surface area contributed by atoms with E-state index >= 15 is 0 Å². The molecule has 0 aromatic carbocycles. The van der Waals surface area contributed by atoms with E-state index < -0.39 is 17.8 Å². The highest BCUT2D eigenvalue weighted by Crippen LogP contribution is 2.28. The van der Waals surface area contributed by atoms with Crippen LogP contribution in [-0.2, 0) is 9.59 Å². The zero-order valence-electron chi connectivity index (χ0n) is 11.6. The Kier molecular flexibility index (Phi) is 4.24. The number of carboxylic acid groups (broad SMARTS) is 1. The molecule has 1 saturated heterocycles. The number of aliphatic carboxylic acids is 1. The van der Waals surface area contributed by atoms with Gasteiger partial charge in [-0.2, -0.15) is 0 Å². The molecule has 5 nitrogen and oxygen atoms in total. The molecule has 2 rings (SSSR count). The Morgan fingerprint density at radius 2 is 1.79 bits per heavy atom. The quantitative estimate of drug-likeness (QED) is 0.752. The molecule has 0 radical (unpaired) electrons. The summed E-state index contributed by atoms with van der Waals surface area (Å²) in [6.45, 7) is 4.44. The molecule has 1 aliphatic carbocycles. The van der Waals surface area contributed by atoms with Crippen molar-refractivity contribution in [2.24, 2.45) is 11.8 Å². The van der Waals surface area contributed by atoms with Gasteiger partial charge in [-0.15, -0.1) is 0 Å². The molecule has 2 aliphatic rings. The van der Waals surface area contributed by atoms with Crippen molar-refractivity contribution < 1.29 is 14.7 Å². The maximum atomic E-state index is 12.6. The second-order valence-electron chi connectivity index (χ2n) is 5.64. The molecule has 3 atom stereocenters. The van der Waals surface area contributed by atoms with E-state index in [9.17, 15) is 14.7 Å². The first kappa shape index (κ1) is 14.1. The molecule has 1 heterocycles. The van der Waals surface area contributed by atoms with Crippen molar-refractivity contribution in [3.8, 4) is 0 Å². The second kappa shape index (κ2) is 5.74. The summed E-state index contributed by atoms with van der Waals surface area (Å²) in [6, 6.07) is 0.159. The summed E-state index contributed by atoms with van der Waals surface area (Å²) in [4.78, 5) is 27.9. The maximum absolute atomic E-state index is 12.6. The van der Waals surface area contributed by atoms with E-state index in [0.717, 1.165) is 13.1 Å². The largest absolute Gasteiger partial charge is 0.481 e. The molecule has 3 unspecified atom stereocenters. The molecular formula is C14H22N2O3. The lowest BCUT2D eigenvalue weighted by molar-refractivity contribution is -0.152. The molecule has 106 valence electrons. The lowest BCUT2D eigenvalue weighted by Crippen LogP contribution is -2.55. The third kappa shape index (κ3) is 2.97. The second-order valence-corrected chi connectivity index (χ2v) is 5.64. The van der Waals surface area contributed by atoms with E-state index in [1.54, 1.807) is 0 Å². The first-order valence-corrected chi connectivity index (χ1v) is 6.87. The Balaban J connectivity index is 2.09. The number of piperazine rings is 1. The van der Waals surface area contributed by atoms with E-state index in [4.69, 9.17) is 0 Å². The van der Waals surface area contributed by atoms with Gasteiger partial charge in [-0.1, -0.05) is 12.2 Å². The zero-order valence-corrected chi connectivity index (χ0v) is 11.6. The summed E-state index contributed by atoms with van der Waals surface area (Å²) in [5.74, 6) is -1.81. The number of carbonyl (C=O) groups excluding carboxylic acids is 1. The Labute approximate surface area is 113 Å². The SMILES string of the molecule is CC1CN(C)CCN1C(=O)C1CC=CCC1C(=O)O. The third-order valence-electron chi connectivity index (χ3n) is 4.18. The van der Waals surface area contributed by atoms with Crippen LogP contribution in [-0.4, -0.2) is 59.5 Å². The van der Waals surface area contributed by atoms with Gasteiger partial charge in [0.15, 0.2) is 0 Å². The number of carboxylic acids is 1. The van der Waals surface area contributed by atoms with Gasteiger partial charge in [-0.05, 0) is 26.8 Å². The lowest BCUT2D eigenvalue weighted by atomic mass is 9.81. The molecule has 1 amide bonds. The Bertz CT molecular complexity index is 394. The summed E-state index contributed by atoms with van der Waals surface area (Å²) >= 11 is 0. The van der Waals surface area contributed by atoms with Gasteiger partial charge in [0.25, 0.3) is 0 Å². The highest BCUT2D eigenvalue weighted by atomic mass is 16.4. The first-order chi connectivity index (χ1) is 9.00. The summed E-state index contributed by atoms with van der Waals surface area (Å²) in [5, 5.41) is 9.25. The van der Waals surface area contributed by atoms with Crippen molar-refractivity contribution in [3.63, 3.8) is 0 Å². The number of amides is 1. The molecular weight excluding hydrogens is 244 g/mol. The summed E-state index contributed by atoms with van der Waals surface area (Å²) < 4.78 is 0. The lowest BCUT2D eigenvalue weighted by Gasteiger charge is -2.41. The average molecular weight is 266 g/mol. The molecule has 0 saturated carbocycles. The van der Waals surface area contributed by atoms with Gasteiger partial charge in [0.05, 0.1) is 11.8 Å². The summed E-state index contributed by atoms with van der Waals surface area (Å²) in [7, 11) is 2.04. The van der Waals surface area contributed by atoms with Crippen LogP contribution >= 0.6 is 0 Å². The Hall–Kier alpha value is -1.36. The van der Waals surface area contributed by atoms with Gasteiger partial charge in [0.1, 0.15) is 0 Å². The normalized spacial score (nSPS) is 32.3. The van der Waals surface area contributed by atoms with Crippen molar-refractivity contribution in [3.05, 3.63) is 12.2 Å². The van der Waals surface area contributed by atoms with Gasteiger partial charge in [0, 0.05) is 25.7 Å². The minimum atomic E-state index is -0.857. The van der Waals surface area contributed by atoms with Crippen LogP contribution in [0.25, 0.3) is 0 Å². The van der Waals surface area contributed by atoms with Crippen molar-refractivity contribution in [2.75, 3.05) is 26.7 Å². The van der Waals surface area contributed by atoms with Gasteiger partial charge in [-0.3, -0.25) is 9.59 Å². The number of carbonyl (C=O) groups is 2. The molecule has 0 aromatic rings. The monoisotopic (exact) mass is 266 g/mol. The average Bonchev–Trinajstić information content (AvgIpc) is 2.38. The first-order valence-electron chi connectivity index (χ1n) is 6.87. The Morgan fingerprint density at radius 3 is 2.37 bits per heavy atom. The number of hydrogen-bond acceptors (Lipinski definition) is 3. The van der Waals surface area contributed by atoms with Crippen LogP contribution in [0.15, 0.2) is 12.2 Å². The van der Waals surface area contributed by atoms with Crippen LogP contribution in [0, 0.1) is 11.8 Å². The van der Waals surface area contributed by atoms with Crippen LogP contribution < -0.4 is 0 Å². The topological polar surface area (TPSA) is 60.9 Å². The van der Waals surface area contributed by atoms with Gasteiger partial charge in [-0.25, -0.2) is 0 Å². The molecule has 19 heavy (non-hydrogen) atoms. The summed E-state index contributed by atoms with van der Waals surface area (Å²) in [6.07, 6.45) is 4.82. The number of hydrogen-bond donors (Lipinski definition) is 1. The molecule has 1 fully saturated rings. The predicted octanol–water partition coefficient (Wildman–Crippen LogP) is 0.816. The summed E-state index contributed by atoms with van der Waals surface area (Å²) in [5.41, 5.74) is 0. The van der Waals surface area contributed by atoms with Gasteiger partial charge in [0.2, 0.25) is 5.91 Å². The standard InChI is InChI=1S/C14H22N2O3/c1-10-9-15(2)7-8-16(10)13(17)11-5-3-4-6-12(11)14(18)19/h3-4,10-12H,5-9H2,1-2H3,(H,18,19). The van der Waals surface area contributed by atoms with Crippen LogP contribution in [0.4, 0.5) is 0 Å². The molecule has 0 aromatic heterocycles. The predicted molar refractivity (Wildman–Crippen MR) is 71.7 cm³/mol. The fourth-order valence-electron chi connectivity index (χ4n) is 3.04. The van der Waals surface area contributed by atoms with Crippen LogP contribution in [0.5, 0.6) is 0 Å². The molecule has 1 N–H and O–H groups in total. The van der Waals surface area contributed by atoms with E-state index in [1.807, 2.05) is 31.0 Å². The minimum absolute atomic E-state index is 0.0114. The molecule has 1 aliphatic heterocycles. The highest BCUT2D eigenvalue weighted by Gasteiger charge is 2.38. The van der Waals surface area contributed by atoms with Crippen LogP contribution in [0.3, 0.4) is 0 Å². The number of likely N-dealkylation sites (N-methyl/N-ethyl adjacent to an activating group) is 1. The number of rotatable bonds is 2. The molecule has 0 bridgehead atoms. The van der Waals surface area contributed by atoms with E-state index in [1.165, 1.54) is 0 Å². The van der Waals surface area contributed by atoms with Gasteiger partial charge < -0.3 is 14.9 Å². The van der Waals surface area contributed by atoms with Crippen LogP contribution in [0.2, 0.25) is 0 Å². The fourth-order valence-corrected chi connectivity index (χ4v) is 3.04. The van der Waals surface area contributed by atoms with Crippen molar-refractivity contribution in [1.82, 2.24) is 9.80 Å². The smallest absolute Gasteiger partial charge is 0.307 e. The minimum Gasteiger partial charge on any atom is -0.481 e. The van der Waals surface area contributed by atoms with E-state index in [0.29, 0.717) is 19.4 Å². The number of nitrogens with zero attached hydrogens (tertiary/aromatic N) is 2. The van der Waals surface area contributed by atoms with E-state index in [2.05, 4.69) is 4.90 Å². The van der Waals surface area contributed by atoms with E-state index in [-0.39, 0.29) is 11.9 Å². The molecule has 0 spiro atoms. The van der Waals surface area contributed by atoms with Crippen molar-refractivity contribution in [1.29, 1.82) is 0 Å². The van der Waals surface area contributed by atoms with Crippen molar-refractivity contribution >= 4 is 11.9 Å². The van der Waals surface area contributed by atoms with Gasteiger partial charge >= 0.3 is 5.97 Å². The third-order valence-corrected chi connectivity index (χ3v) is 4.18. The number of allylic oxidation sites excluding steroid dienone is 2. The zero-order chi connectivity index (χ0) is 14.0. The highest BCUT2D eigenvalue weighted by molar-refractivity contribution is 5.85. The van der Waals surface area contributed by atoms with Crippen LogP contribution in [0.1, 0.15) is 19.8 Å². The molecule has 5 heteroatoms. The van der Waals surface area contributed by atoms with Crippen molar-refractivity contribution in [2.45, 2.75) is 25.8 Å². The maximum Gasteiger partial charge on any atom is 0.307 e. The fraction of sp³-hybridized carbons (Fsp3) is 0.714. The Morgan fingerprint density at radius 1 is 1.16 bits per heavy atom.